The smallest absolute Gasteiger partial charge is 0.214 e. The van der Waals surface area contributed by atoms with Crippen LogP contribution in [0.3, 0.4) is 0 Å². The van der Waals surface area contributed by atoms with Crippen LogP contribution < -0.4 is 0 Å². The first-order chi connectivity index (χ1) is 8.13. The molecule has 6 heteroatoms. The molecular formula is C11H18N2O2S2. The molecule has 0 saturated heterocycles. The van der Waals surface area contributed by atoms with Gasteiger partial charge in [0.15, 0.2) is 0 Å². The lowest BCUT2D eigenvalue weighted by Gasteiger charge is -2.20. The highest BCUT2D eigenvalue weighted by Crippen LogP contribution is 2.29. The first kappa shape index (κ1) is 13.0. The van der Waals surface area contributed by atoms with Crippen molar-refractivity contribution in [1.29, 1.82) is 0 Å². The fourth-order valence-electron chi connectivity index (χ4n) is 1.87. The van der Waals surface area contributed by atoms with Crippen LogP contribution in [0.4, 0.5) is 0 Å². The van der Waals surface area contributed by atoms with Gasteiger partial charge in [0.05, 0.1) is 10.8 Å². The lowest BCUT2D eigenvalue weighted by atomic mass is 10.4. The second-order valence-electron chi connectivity index (χ2n) is 4.33. The lowest BCUT2D eigenvalue weighted by Crippen LogP contribution is -2.36. The zero-order valence-corrected chi connectivity index (χ0v) is 11.6. The fourth-order valence-corrected chi connectivity index (χ4v) is 4.26. The van der Waals surface area contributed by atoms with Crippen LogP contribution in [0.2, 0.25) is 0 Å². The van der Waals surface area contributed by atoms with Crippen molar-refractivity contribution in [3.05, 3.63) is 16.6 Å². The average molecular weight is 274 g/mol. The summed E-state index contributed by atoms with van der Waals surface area (Å²) in [5, 5.41) is 2.94. The van der Waals surface area contributed by atoms with Crippen LogP contribution in [0, 0.1) is 0 Å². The van der Waals surface area contributed by atoms with E-state index in [1.807, 2.05) is 12.3 Å². The molecule has 0 bridgehead atoms. The average Bonchev–Trinajstić information content (AvgIpc) is 2.94. The van der Waals surface area contributed by atoms with E-state index >= 15 is 0 Å². The number of hydrogen-bond acceptors (Lipinski definition) is 4. The molecular weight excluding hydrogens is 256 g/mol. The summed E-state index contributed by atoms with van der Waals surface area (Å²) in [6.07, 6.45) is 5.21. The molecule has 4 nitrogen and oxygen atoms in total. The molecule has 17 heavy (non-hydrogen) atoms. The van der Waals surface area contributed by atoms with Gasteiger partial charge >= 0.3 is 0 Å². The van der Waals surface area contributed by atoms with E-state index in [-0.39, 0.29) is 11.8 Å². The minimum Gasteiger partial charge on any atom is -0.250 e. The predicted molar refractivity (Wildman–Crippen MR) is 69.6 cm³/mol. The van der Waals surface area contributed by atoms with Crippen LogP contribution in [0.15, 0.2) is 11.6 Å². The summed E-state index contributed by atoms with van der Waals surface area (Å²) in [4.78, 5) is 4.19. The Hall–Kier alpha value is -0.460. The van der Waals surface area contributed by atoms with Gasteiger partial charge in [-0.2, -0.15) is 4.31 Å². The number of thiazole rings is 1. The van der Waals surface area contributed by atoms with Gasteiger partial charge in [-0.25, -0.2) is 13.4 Å². The topological polar surface area (TPSA) is 50.3 Å². The highest BCUT2D eigenvalue weighted by Gasteiger charge is 2.36. The van der Waals surface area contributed by atoms with Crippen LogP contribution in [-0.4, -0.2) is 36.0 Å². The van der Waals surface area contributed by atoms with Crippen molar-refractivity contribution in [3.8, 4) is 0 Å². The van der Waals surface area contributed by atoms with E-state index in [1.54, 1.807) is 21.8 Å². The summed E-state index contributed by atoms with van der Waals surface area (Å²) in [6, 6.07) is 0.256. The zero-order chi connectivity index (χ0) is 12.3. The maximum absolute atomic E-state index is 12.1. The molecule has 96 valence electrons. The Morgan fingerprint density at radius 3 is 2.82 bits per heavy atom. The number of nitrogens with zero attached hydrogens (tertiary/aromatic N) is 2. The SMILES string of the molecule is CCCS(=O)(=O)N(CCc1nccs1)C1CC1. The lowest BCUT2D eigenvalue weighted by molar-refractivity contribution is 0.406. The van der Waals surface area contributed by atoms with Crippen molar-refractivity contribution in [3.63, 3.8) is 0 Å². The minimum absolute atomic E-state index is 0.256. The van der Waals surface area contributed by atoms with E-state index < -0.39 is 10.0 Å². The van der Waals surface area contributed by atoms with Gasteiger partial charge in [0, 0.05) is 30.6 Å². The van der Waals surface area contributed by atoms with Crippen LogP contribution in [0.5, 0.6) is 0 Å². The van der Waals surface area contributed by atoms with Gasteiger partial charge in [0.2, 0.25) is 10.0 Å². The number of hydrogen-bond donors (Lipinski definition) is 0. The van der Waals surface area contributed by atoms with Gasteiger partial charge in [0.1, 0.15) is 0 Å². The second-order valence-corrected chi connectivity index (χ2v) is 7.35. The van der Waals surface area contributed by atoms with Gasteiger partial charge in [0.25, 0.3) is 0 Å². The van der Waals surface area contributed by atoms with Gasteiger partial charge in [-0.3, -0.25) is 0 Å². The third-order valence-electron chi connectivity index (χ3n) is 2.80. The molecule has 1 saturated carbocycles. The summed E-state index contributed by atoms with van der Waals surface area (Å²) < 4.78 is 25.9. The second kappa shape index (κ2) is 5.46. The van der Waals surface area contributed by atoms with Gasteiger partial charge in [-0.05, 0) is 19.3 Å². The van der Waals surface area contributed by atoms with Crippen molar-refractivity contribution in [2.75, 3.05) is 12.3 Å². The Kier molecular flexibility index (Phi) is 4.17. The number of rotatable bonds is 7. The molecule has 0 unspecified atom stereocenters. The molecule has 2 rings (SSSR count). The first-order valence-corrected chi connectivity index (χ1v) is 8.50. The van der Waals surface area contributed by atoms with E-state index in [0.29, 0.717) is 13.0 Å². The van der Waals surface area contributed by atoms with E-state index in [9.17, 15) is 8.42 Å². The highest BCUT2D eigenvalue weighted by atomic mass is 32.2. The summed E-state index contributed by atoms with van der Waals surface area (Å²) in [5.41, 5.74) is 0. The quantitative estimate of drug-likeness (QED) is 0.763. The number of sulfonamides is 1. The minimum atomic E-state index is -3.05. The molecule has 0 spiro atoms. The van der Waals surface area contributed by atoms with Crippen molar-refractivity contribution in [2.45, 2.75) is 38.6 Å². The summed E-state index contributed by atoms with van der Waals surface area (Å²) in [7, 11) is -3.05. The van der Waals surface area contributed by atoms with Gasteiger partial charge in [-0.15, -0.1) is 11.3 Å². The third-order valence-corrected chi connectivity index (χ3v) is 5.76. The summed E-state index contributed by atoms with van der Waals surface area (Å²) >= 11 is 1.59. The summed E-state index contributed by atoms with van der Waals surface area (Å²) in [5.74, 6) is 0.265. The zero-order valence-electron chi connectivity index (χ0n) is 10.0. The Morgan fingerprint density at radius 1 is 1.53 bits per heavy atom. The Morgan fingerprint density at radius 2 is 2.29 bits per heavy atom. The van der Waals surface area contributed by atoms with Gasteiger partial charge in [-0.1, -0.05) is 6.92 Å². The molecule has 0 amide bonds. The summed E-state index contributed by atoms with van der Waals surface area (Å²) in [6.45, 7) is 2.49. The van der Waals surface area contributed by atoms with Crippen LogP contribution in [0.1, 0.15) is 31.2 Å². The fraction of sp³-hybridized carbons (Fsp3) is 0.727. The van der Waals surface area contributed by atoms with Crippen LogP contribution in [0.25, 0.3) is 0 Å². The molecule has 1 heterocycles. The van der Waals surface area contributed by atoms with E-state index in [1.165, 1.54) is 0 Å². The molecule has 1 aliphatic carbocycles. The predicted octanol–water partition coefficient (Wildman–Crippen LogP) is 1.89. The van der Waals surface area contributed by atoms with Crippen molar-refractivity contribution in [2.24, 2.45) is 0 Å². The van der Waals surface area contributed by atoms with Crippen LogP contribution >= 0.6 is 11.3 Å². The van der Waals surface area contributed by atoms with E-state index in [2.05, 4.69) is 4.98 Å². The van der Waals surface area contributed by atoms with Crippen molar-refractivity contribution < 1.29 is 8.42 Å². The monoisotopic (exact) mass is 274 g/mol. The molecule has 0 N–H and O–H groups in total. The standard InChI is InChI=1S/C11H18N2O2S2/c1-2-9-17(14,15)13(10-3-4-10)7-5-11-12-6-8-16-11/h6,8,10H,2-5,7,9H2,1H3. The number of aromatic nitrogens is 1. The molecule has 0 radical (unpaired) electrons. The van der Waals surface area contributed by atoms with Crippen molar-refractivity contribution in [1.82, 2.24) is 9.29 Å². The Bertz CT molecular complexity index is 438. The normalized spacial score (nSPS) is 16.6. The maximum Gasteiger partial charge on any atom is 0.214 e. The largest absolute Gasteiger partial charge is 0.250 e. The maximum atomic E-state index is 12.1. The molecule has 1 aliphatic rings. The molecule has 1 aromatic heterocycles. The van der Waals surface area contributed by atoms with E-state index in [0.717, 1.165) is 24.3 Å². The third kappa shape index (κ3) is 3.50. The van der Waals surface area contributed by atoms with Crippen molar-refractivity contribution >= 4 is 21.4 Å². The molecule has 0 aromatic carbocycles. The molecule has 1 aromatic rings. The molecule has 0 atom stereocenters. The molecule has 1 fully saturated rings. The first-order valence-electron chi connectivity index (χ1n) is 6.01. The molecule has 0 aliphatic heterocycles. The van der Waals surface area contributed by atoms with E-state index in [4.69, 9.17) is 0 Å². The highest BCUT2D eigenvalue weighted by molar-refractivity contribution is 7.89. The van der Waals surface area contributed by atoms with Gasteiger partial charge < -0.3 is 0 Å². The van der Waals surface area contributed by atoms with Crippen LogP contribution in [-0.2, 0) is 16.4 Å². The Balaban J connectivity index is 1.98. The Labute approximate surface area is 107 Å².